The Morgan fingerprint density at radius 3 is 1.96 bits per heavy atom. The van der Waals surface area contributed by atoms with Crippen LogP contribution >= 0.6 is 23.2 Å². The largest absolute Gasteiger partial charge is 0.289 e. The second-order valence-electron chi connectivity index (χ2n) is 5.13. The van der Waals surface area contributed by atoms with Crippen molar-refractivity contribution in [1.29, 1.82) is 0 Å². The Kier molecular flexibility index (Phi) is 4.80. The number of hydrogen-bond donors (Lipinski definition) is 0. The molecule has 0 spiro atoms. The molecule has 0 aromatic heterocycles. The van der Waals surface area contributed by atoms with Crippen LogP contribution in [0.4, 0.5) is 0 Å². The van der Waals surface area contributed by atoms with E-state index in [2.05, 4.69) is 0 Å². The minimum absolute atomic E-state index is 0.0169. The van der Waals surface area contributed by atoms with Crippen LogP contribution < -0.4 is 0 Å². The van der Waals surface area contributed by atoms with Gasteiger partial charge in [0.1, 0.15) is 4.84 Å². The van der Waals surface area contributed by atoms with Crippen molar-refractivity contribution in [2.75, 3.05) is 0 Å². The molecule has 0 aliphatic heterocycles. The van der Waals surface area contributed by atoms with E-state index in [1.165, 1.54) is 0 Å². The van der Waals surface area contributed by atoms with Crippen molar-refractivity contribution in [2.24, 2.45) is 0 Å². The van der Waals surface area contributed by atoms with Gasteiger partial charge in [-0.1, -0.05) is 78.9 Å². The highest BCUT2D eigenvalue weighted by Crippen LogP contribution is 2.36. The summed E-state index contributed by atoms with van der Waals surface area (Å²) in [7, 11) is 0. The molecule has 3 aromatic rings. The Labute approximate surface area is 145 Å². The minimum atomic E-state index is -0.647. The third kappa shape index (κ3) is 3.31. The molecule has 3 heteroatoms. The smallest absolute Gasteiger partial charge is 0.193 e. The fourth-order valence-corrected chi connectivity index (χ4v) is 2.97. The number of ketones is 1. The first-order valence-corrected chi connectivity index (χ1v) is 8.12. The topological polar surface area (TPSA) is 17.1 Å². The van der Waals surface area contributed by atoms with E-state index in [9.17, 15) is 4.79 Å². The summed E-state index contributed by atoms with van der Waals surface area (Å²) in [5.41, 5.74) is 3.81. The predicted molar refractivity (Wildman–Crippen MR) is 96.2 cm³/mol. The average molecular weight is 341 g/mol. The van der Waals surface area contributed by atoms with E-state index in [0.717, 1.165) is 16.7 Å². The molecular weight excluding hydrogens is 327 g/mol. The number of carbonyl (C=O) groups excluding carboxylic acids is 1. The van der Waals surface area contributed by atoms with E-state index >= 15 is 0 Å². The summed E-state index contributed by atoms with van der Waals surface area (Å²) in [6.07, 6.45) is 0. The number of rotatable bonds is 4. The van der Waals surface area contributed by atoms with Gasteiger partial charge in [-0.25, -0.2) is 0 Å². The van der Waals surface area contributed by atoms with Crippen molar-refractivity contribution < 1.29 is 4.79 Å². The van der Waals surface area contributed by atoms with Crippen LogP contribution in [0.25, 0.3) is 11.1 Å². The SMILES string of the molecule is O=C(c1ccccc1)c1ccccc1-c1ccccc1C(Cl)Cl. The summed E-state index contributed by atoms with van der Waals surface area (Å²) < 4.78 is 0. The van der Waals surface area contributed by atoms with Crippen LogP contribution in [-0.4, -0.2) is 5.78 Å². The molecule has 0 unspecified atom stereocenters. The van der Waals surface area contributed by atoms with Gasteiger partial charge in [-0.2, -0.15) is 0 Å². The molecule has 0 aliphatic carbocycles. The van der Waals surface area contributed by atoms with Crippen molar-refractivity contribution >= 4 is 29.0 Å². The van der Waals surface area contributed by atoms with E-state index in [4.69, 9.17) is 23.2 Å². The van der Waals surface area contributed by atoms with Crippen LogP contribution in [0.5, 0.6) is 0 Å². The van der Waals surface area contributed by atoms with Crippen molar-refractivity contribution in [2.45, 2.75) is 4.84 Å². The molecule has 0 saturated heterocycles. The first kappa shape index (κ1) is 15.8. The summed E-state index contributed by atoms with van der Waals surface area (Å²) >= 11 is 12.2. The van der Waals surface area contributed by atoms with Gasteiger partial charge in [-0.05, 0) is 16.7 Å². The lowest BCUT2D eigenvalue weighted by Crippen LogP contribution is -2.04. The molecule has 114 valence electrons. The van der Waals surface area contributed by atoms with Gasteiger partial charge in [0.25, 0.3) is 0 Å². The third-order valence-electron chi connectivity index (χ3n) is 3.69. The third-order valence-corrected chi connectivity index (χ3v) is 4.16. The Bertz CT molecular complexity index is 826. The summed E-state index contributed by atoms with van der Waals surface area (Å²) in [6, 6.07) is 24.4. The summed E-state index contributed by atoms with van der Waals surface area (Å²) in [4.78, 5) is 12.2. The summed E-state index contributed by atoms with van der Waals surface area (Å²) in [6.45, 7) is 0. The highest BCUT2D eigenvalue weighted by atomic mass is 35.5. The van der Waals surface area contributed by atoms with E-state index in [-0.39, 0.29) is 5.78 Å². The number of benzene rings is 3. The molecule has 3 rings (SSSR count). The van der Waals surface area contributed by atoms with Crippen LogP contribution in [0.2, 0.25) is 0 Å². The van der Waals surface area contributed by atoms with Crippen LogP contribution in [0.1, 0.15) is 26.3 Å². The lowest BCUT2D eigenvalue weighted by atomic mass is 9.92. The highest BCUT2D eigenvalue weighted by molar-refractivity contribution is 6.44. The zero-order valence-corrected chi connectivity index (χ0v) is 13.8. The molecule has 23 heavy (non-hydrogen) atoms. The molecule has 0 bridgehead atoms. The number of halogens is 2. The fourth-order valence-electron chi connectivity index (χ4n) is 2.59. The number of carbonyl (C=O) groups is 1. The van der Waals surface area contributed by atoms with Gasteiger partial charge in [0.05, 0.1) is 0 Å². The van der Waals surface area contributed by atoms with Gasteiger partial charge in [0.15, 0.2) is 5.78 Å². The highest BCUT2D eigenvalue weighted by Gasteiger charge is 2.17. The Morgan fingerprint density at radius 2 is 1.26 bits per heavy atom. The van der Waals surface area contributed by atoms with Crippen molar-refractivity contribution in [3.05, 3.63) is 95.6 Å². The van der Waals surface area contributed by atoms with Gasteiger partial charge in [-0.15, -0.1) is 23.2 Å². The standard InChI is InChI=1S/C20H14Cl2O/c21-20(22)18-13-7-5-11-16(18)15-10-4-6-12-17(15)19(23)14-8-2-1-3-9-14/h1-13,20H. The first-order chi connectivity index (χ1) is 11.2. The molecule has 0 aliphatic rings. The molecule has 3 aromatic carbocycles. The molecule has 0 radical (unpaired) electrons. The van der Waals surface area contributed by atoms with Crippen LogP contribution in [0, 0.1) is 0 Å². The molecule has 0 N–H and O–H groups in total. The van der Waals surface area contributed by atoms with Crippen LogP contribution in [0.15, 0.2) is 78.9 Å². The lowest BCUT2D eigenvalue weighted by molar-refractivity contribution is 0.103. The van der Waals surface area contributed by atoms with E-state index in [1.54, 1.807) is 0 Å². The van der Waals surface area contributed by atoms with Gasteiger partial charge in [0, 0.05) is 11.1 Å². The predicted octanol–water partition coefficient (Wildman–Crippen LogP) is 6.06. The Morgan fingerprint density at radius 1 is 0.696 bits per heavy atom. The van der Waals surface area contributed by atoms with E-state index in [0.29, 0.717) is 11.1 Å². The maximum atomic E-state index is 12.9. The molecule has 1 nitrogen and oxygen atoms in total. The summed E-state index contributed by atoms with van der Waals surface area (Å²) in [5.74, 6) is -0.0169. The maximum absolute atomic E-state index is 12.9. The maximum Gasteiger partial charge on any atom is 0.193 e. The molecule has 0 heterocycles. The van der Waals surface area contributed by atoms with Crippen LogP contribution in [0.3, 0.4) is 0 Å². The zero-order chi connectivity index (χ0) is 16.2. The van der Waals surface area contributed by atoms with Crippen molar-refractivity contribution in [1.82, 2.24) is 0 Å². The van der Waals surface area contributed by atoms with Crippen molar-refractivity contribution in [3.63, 3.8) is 0 Å². The van der Waals surface area contributed by atoms with E-state index in [1.807, 2.05) is 78.9 Å². The second-order valence-corrected chi connectivity index (χ2v) is 6.22. The fraction of sp³-hybridized carbons (Fsp3) is 0.0500. The quantitative estimate of drug-likeness (QED) is 0.416. The normalized spacial score (nSPS) is 10.7. The summed E-state index contributed by atoms with van der Waals surface area (Å²) in [5, 5.41) is 0. The Hall–Kier alpha value is -2.09. The molecule has 0 fully saturated rings. The van der Waals surface area contributed by atoms with Gasteiger partial charge >= 0.3 is 0 Å². The molecule has 0 saturated carbocycles. The molecule has 0 amide bonds. The first-order valence-electron chi connectivity index (χ1n) is 7.24. The second kappa shape index (κ2) is 6.99. The van der Waals surface area contributed by atoms with Gasteiger partial charge < -0.3 is 0 Å². The van der Waals surface area contributed by atoms with Gasteiger partial charge in [0.2, 0.25) is 0 Å². The molecular formula is C20H14Cl2O. The minimum Gasteiger partial charge on any atom is -0.289 e. The van der Waals surface area contributed by atoms with Crippen molar-refractivity contribution in [3.8, 4) is 11.1 Å². The van der Waals surface area contributed by atoms with E-state index < -0.39 is 4.84 Å². The zero-order valence-electron chi connectivity index (χ0n) is 12.2. The number of alkyl halides is 2. The Balaban J connectivity index is 2.15. The average Bonchev–Trinajstić information content (AvgIpc) is 2.62. The monoisotopic (exact) mass is 340 g/mol. The number of hydrogen-bond acceptors (Lipinski definition) is 1. The lowest BCUT2D eigenvalue weighted by Gasteiger charge is -2.14. The van der Waals surface area contributed by atoms with Gasteiger partial charge in [-0.3, -0.25) is 4.79 Å². The molecule has 0 atom stereocenters. The van der Waals surface area contributed by atoms with Crippen LogP contribution in [-0.2, 0) is 0 Å².